The first-order valence-corrected chi connectivity index (χ1v) is 4.73. The van der Waals surface area contributed by atoms with Gasteiger partial charge in [-0.15, -0.1) is 5.10 Å². The molecule has 1 N–H and O–H groups in total. The lowest BCUT2D eigenvalue weighted by Gasteiger charge is -2.01. The van der Waals surface area contributed by atoms with Gasteiger partial charge in [-0.2, -0.15) is 5.26 Å². The molecule has 1 aromatic heterocycles. The van der Waals surface area contributed by atoms with Crippen LogP contribution in [0.3, 0.4) is 0 Å². The minimum absolute atomic E-state index is 0.0410. The van der Waals surface area contributed by atoms with Crippen molar-refractivity contribution in [2.75, 3.05) is 0 Å². The van der Waals surface area contributed by atoms with Gasteiger partial charge in [0, 0.05) is 0 Å². The molecule has 0 saturated heterocycles. The highest BCUT2D eigenvalue weighted by atomic mass is 16.4. The number of hydrogen-bond acceptors (Lipinski definition) is 4. The molecule has 1 aromatic rings. The second-order valence-corrected chi connectivity index (χ2v) is 3.11. The lowest BCUT2D eigenvalue weighted by molar-refractivity contribution is 0.0689. The van der Waals surface area contributed by atoms with E-state index in [4.69, 9.17) is 10.4 Å². The molecule has 0 saturated carbocycles. The van der Waals surface area contributed by atoms with Gasteiger partial charge in [-0.3, -0.25) is 0 Å². The summed E-state index contributed by atoms with van der Waals surface area (Å²) in [6.07, 6.45) is 2.41. The monoisotopic (exact) mass is 208 g/mol. The Hall–Kier alpha value is -1.90. The maximum Gasteiger partial charge on any atom is 0.358 e. The number of nitriles is 1. The average molecular weight is 208 g/mol. The van der Waals surface area contributed by atoms with Crippen LogP contribution in [0.15, 0.2) is 0 Å². The summed E-state index contributed by atoms with van der Waals surface area (Å²) in [5.74, 6) is -1.09. The van der Waals surface area contributed by atoms with Gasteiger partial charge in [0.25, 0.3) is 0 Å². The topological polar surface area (TPSA) is 91.8 Å². The molecule has 0 unspecified atom stereocenters. The zero-order valence-corrected chi connectivity index (χ0v) is 8.47. The minimum atomic E-state index is -1.09. The van der Waals surface area contributed by atoms with E-state index in [1.165, 1.54) is 4.68 Å². The molecule has 15 heavy (non-hydrogen) atoms. The van der Waals surface area contributed by atoms with Crippen LogP contribution in [-0.4, -0.2) is 26.1 Å². The summed E-state index contributed by atoms with van der Waals surface area (Å²) < 4.78 is 1.35. The van der Waals surface area contributed by atoms with Crippen molar-refractivity contribution >= 4 is 5.97 Å². The van der Waals surface area contributed by atoms with Crippen LogP contribution in [0.2, 0.25) is 0 Å². The van der Waals surface area contributed by atoms with Gasteiger partial charge in [0.1, 0.15) is 6.54 Å². The van der Waals surface area contributed by atoms with Crippen LogP contribution >= 0.6 is 0 Å². The molecule has 0 spiro atoms. The summed E-state index contributed by atoms with van der Waals surface area (Å²) in [6.45, 7) is 2.05. The Kier molecular flexibility index (Phi) is 3.80. The molecule has 0 aromatic carbocycles. The van der Waals surface area contributed by atoms with Gasteiger partial charge in [0.05, 0.1) is 11.8 Å². The molecule has 0 atom stereocenters. The van der Waals surface area contributed by atoms with Gasteiger partial charge >= 0.3 is 5.97 Å². The Morgan fingerprint density at radius 2 is 2.40 bits per heavy atom. The number of aromatic nitrogens is 3. The average Bonchev–Trinajstić information content (AvgIpc) is 2.59. The van der Waals surface area contributed by atoms with Crippen LogP contribution in [0.4, 0.5) is 0 Å². The molecule has 6 heteroatoms. The van der Waals surface area contributed by atoms with Gasteiger partial charge in [-0.05, 0) is 12.8 Å². The van der Waals surface area contributed by atoms with E-state index in [0.717, 1.165) is 12.8 Å². The highest BCUT2D eigenvalue weighted by Gasteiger charge is 2.17. The third-order valence-electron chi connectivity index (χ3n) is 2.03. The second kappa shape index (κ2) is 5.10. The maximum atomic E-state index is 10.8. The fourth-order valence-corrected chi connectivity index (χ4v) is 1.28. The van der Waals surface area contributed by atoms with E-state index in [0.29, 0.717) is 12.1 Å². The molecule has 80 valence electrons. The molecule has 0 aliphatic rings. The fourth-order valence-electron chi connectivity index (χ4n) is 1.28. The van der Waals surface area contributed by atoms with E-state index < -0.39 is 5.97 Å². The Labute approximate surface area is 87.1 Å². The Bertz CT molecular complexity index is 391. The maximum absolute atomic E-state index is 10.8. The Balaban J connectivity index is 2.98. The molecule has 0 radical (unpaired) electrons. The molecule has 0 aliphatic carbocycles. The van der Waals surface area contributed by atoms with E-state index in [9.17, 15) is 4.79 Å². The van der Waals surface area contributed by atoms with E-state index >= 15 is 0 Å². The lowest BCUT2D eigenvalue weighted by Crippen LogP contribution is -2.07. The van der Waals surface area contributed by atoms with Gasteiger partial charge < -0.3 is 5.11 Å². The Morgan fingerprint density at radius 3 is 2.93 bits per heavy atom. The number of nitrogens with zero attached hydrogens (tertiary/aromatic N) is 4. The molecule has 0 amide bonds. The van der Waals surface area contributed by atoms with Crippen LogP contribution in [0, 0.1) is 11.3 Å². The summed E-state index contributed by atoms with van der Waals surface area (Å²) in [4.78, 5) is 10.8. The van der Waals surface area contributed by atoms with Gasteiger partial charge in [0.2, 0.25) is 0 Å². The zero-order chi connectivity index (χ0) is 11.3. The number of carbonyl (C=O) groups is 1. The van der Waals surface area contributed by atoms with Crippen molar-refractivity contribution in [2.24, 2.45) is 0 Å². The first-order chi connectivity index (χ1) is 7.20. The van der Waals surface area contributed by atoms with Crippen molar-refractivity contribution in [3.05, 3.63) is 11.4 Å². The highest BCUT2D eigenvalue weighted by molar-refractivity contribution is 5.86. The SMILES string of the molecule is CCCCc1c(C(=O)O)nnn1CC#N. The van der Waals surface area contributed by atoms with E-state index in [1.54, 1.807) is 0 Å². The van der Waals surface area contributed by atoms with Crippen LogP contribution in [0.1, 0.15) is 35.9 Å². The second-order valence-electron chi connectivity index (χ2n) is 3.11. The predicted octanol–water partition coefficient (Wildman–Crippen LogP) is 0.842. The molecule has 0 fully saturated rings. The number of carboxylic acid groups (broad SMARTS) is 1. The summed E-state index contributed by atoms with van der Waals surface area (Å²) >= 11 is 0. The normalized spacial score (nSPS) is 9.87. The van der Waals surface area contributed by atoms with Crippen molar-refractivity contribution in [3.63, 3.8) is 0 Å². The van der Waals surface area contributed by atoms with Gasteiger partial charge in [-0.1, -0.05) is 18.6 Å². The molecule has 1 rings (SSSR count). The third kappa shape index (κ3) is 2.53. The lowest BCUT2D eigenvalue weighted by atomic mass is 10.1. The van der Waals surface area contributed by atoms with Crippen molar-refractivity contribution in [1.82, 2.24) is 15.0 Å². The van der Waals surface area contributed by atoms with Crippen LogP contribution in [-0.2, 0) is 13.0 Å². The van der Waals surface area contributed by atoms with Crippen LogP contribution in [0.25, 0.3) is 0 Å². The quantitative estimate of drug-likeness (QED) is 0.774. The number of aromatic carboxylic acids is 1. The summed E-state index contributed by atoms with van der Waals surface area (Å²) in [5.41, 5.74) is 0.490. The summed E-state index contributed by atoms with van der Waals surface area (Å²) in [5, 5.41) is 24.6. The number of rotatable bonds is 5. The third-order valence-corrected chi connectivity index (χ3v) is 2.03. The van der Waals surface area contributed by atoms with E-state index in [1.807, 2.05) is 13.0 Å². The minimum Gasteiger partial charge on any atom is -0.476 e. The van der Waals surface area contributed by atoms with E-state index in [-0.39, 0.29) is 12.2 Å². The fraction of sp³-hybridized carbons (Fsp3) is 0.556. The standard InChI is InChI=1S/C9H12N4O2/c1-2-3-4-7-8(9(14)15)11-12-13(7)6-5-10/h2-4,6H2,1H3,(H,14,15). The number of hydrogen-bond donors (Lipinski definition) is 1. The molecule has 1 heterocycles. The first-order valence-electron chi connectivity index (χ1n) is 4.73. The number of carboxylic acids is 1. The van der Waals surface area contributed by atoms with Crippen LogP contribution in [0.5, 0.6) is 0 Å². The first kappa shape index (κ1) is 11.2. The zero-order valence-electron chi connectivity index (χ0n) is 8.47. The Morgan fingerprint density at radius 1 is 1.67 bits per heavy atom. The van der Waals surface area contributed by atoms with Crippen molar-refractivity contribution in [3.8, 4) is 6.07 Å². The largest absolute Gasteiger partial charge is 0.476 e. The molecule has 0 bridgehead atoms. The van der Waals surface area contributed by atoms with Crippen molar-refractivity contribution in [2.45, 2.75) is 32.7 Å². The van der Waals surface area contributed by atoms with Gasteiger partial charge in [-0.25, -0.2) is 9.48 Å². The summed E-state index contributed by atoms with van der Waals surface area (Å²) in [6, 6.07) is 1.92. The molecular formula is C9H12N4O2. The summed E-state index contributed by atoms with van der Waals surface area (Å²) in [7, 11) is 0. The highest BCUT2D eigenvalue weighted by Crippen LogP contribution is 2.09. The molecule has 0 aliphatic heterocycles. The van der Waals surface area contributed by atoms with Gasteiger partial charge in [0.15, 0.2) is 5.69 Å². The van der Waals surface area contributed by atoms with Crippen molar-refractivity contribution in [1.29, 1.82) is 5.26 Å². The smallest absolute Gasteiger partial charge is 0.358 e. The molecular weight excluding hydrogens is 196 g/mol. The molecule has 6 nitrogen and oxygen atoms in total. The number of unbranched alkanes of at least 4 members (excludes halogenated alkanes) is 1. The van der Waals surface area contributed by atoms with Crippen LogP contribution < -0.4 is 0 Å². The van der Waals surface area contributed by atoms with Crippen molar-refractivity contribution < 1.29 is 9.90 Å². The van der Waals surface area contributed by atoms with E-state index in [2.05, 4.69) is 10.3 Å². The predicted molar refractivity (Wildman–Crippen MR) is 51.2 cm³/mol.